The molecule has 0 aromatic heterocycles. The second kappa shape index (κ2) is 7.83. The van der Waals surface area contributed by atoms with Gasteiger partial charge in [0, 0.05) is 0 Å². The Morgan fingerprint density at radius 2 is 1.95 bits per heavy atom. The molecule has 0 amide bonds. The molecule has 0 aromatic carbocycles. The summed E-state index contributed by atoms with van der Waals surface area (Å²) in [6.07, 6.45) is 9.84. The van der Waals surface area contributed by atoms with Gasteiger partial charge in [0.2, 0.25) is 0 Å². The number of hydrogen-bond acceptors (Lipinski definition) is 4. The van der Waals surface area contributed by atoms with E-state index < -0.39 is 7.49 Å². The molecule has 4 nitrogen and oxygen atoms in total. The number of nitrogens with zero attached hydrogens (tertiary/aromatic N) is 2. The van der Waals surface area contributed by atoms with Gasteiger partial charge in [0.25, 0.3) is 0 Å². The molecule has 1 heterocycles. The van der Waals surface area contributed by atoms with Crippen molar-refractivity contribution in [1.29, 1.82) is 5.26 Å². The van der Waals surface area contributed by atoms with E-state index in [1.807, 2.05) is 5.06 Å². The van der Waals surface area contributed by atoms with E-state index in [4.69, 9.17) is 21.0 Å². The second-order valence-electron chi connectivity index (χ2n) is 5.02. The zero-order chi connectivity index (χ0) is 14.3. The summed E-state index contributed by atoms with van der Waals surface area (Å²) in [5.41, 5.74) is 0. The normalized spacial score (nSPS) is 27.0. The first-order valence-corrected chi connectivity index (χ1v) is 9.18. The third-order valence-corrected chi connectivity index (χ3v) is 9.33. The Labute approximate surface area is 117 Å². The maximum atomic E-state index is 8.66. The standard InChI is InChI=1S/C14H25N2O2P/c1-5-6-7-8-12-19(18-11-9-10-15)13(2)16(17-4)14(19)3/h1,13-14,19H,6-9,11-12H2,2-4H3. The van der Waals surface area contributed by atoms with Crippen molar-refractivity contribution in [3.8, 4) is 18.4 Å². The van der Waals surface area contributed by atoms with Gasteiger partial charge in [-0.25, -0.2) is 0 Å². The Morgan fingerprint density at radius 1 is 1.26 bits per heavy atom. The van der Waals surface area contributed by atoms with Crippen LogP contribution in [0.5, 0.6) is 0 Å². The van der Waals surface area contributed by atoms with Crippen molar-refractivity contribution in [1.82, 2.24) is 5.06 Å². The molecule has 1 aliphatic heterocycles. The molecule has 0 aliphatic carbocycles. The summed E-state index contributed by atoms with van der Waals surface area (Å²) < 4.78 is 6.19. The van der Waals surface area contributed by atoms with Gasteiger partial charge in [-0.15, -0.1) is 0 Å². The molecule has 1 aliphatic rings. The van der Waals surface area contributed by atoms with Gasteiger partial charge in [0.1, 0.15) is 0 Å². The van der Waals surface area contributed by atoms with Gasteiger partial charge >= 0.3 is 117 Å². The van der Waals surface area contributed by atoms with Crippen molar-refractivity contribution in [2.24, 2.45) is 0 Å². The molecule has 108 valence electrons. The molecular weight excluding hydrogens is 259 g/mol. The Bertz CT molecular complexity index is 351. The number of rotatable bonds is 8. The molecule has 19 heavy (non-hydrogen) atoms. The molecule has 2 unspecified atom stereocenters. The predicted molar refractivity (Wildman–Crippen MR) is 79.8 cm³/mol. The van der Waals surface area contributed by atoms with Gasteiger partial charge in [0.05, 0.1) is 0 Å². The van der Waals surface area contributed by atoms with E-state index >= 15 is 0 Å². The second-order valence-corrected chi connectivity index (χ2v) is 9.39. The SMILES string of the molecule is C#CCCCC[PH]1(OCCC#N)C(C)N(OC)C1C. The zero-order valence-electron chi connectivity index (χ0n) is 12.2. The number of hydroxylamine groups is 2. The number of nitriles is 1. The summed E-state index contributed by atoms with van der Waals surface area (Å²) in [5, 5.41) is 10.7. The maximum absolute atomic E-state index is 8.66. The van der Waals surface area contributed by atoms with Gasteiger partial charge < -0.3 is 0 Å². The fourth-order valence-electron chi connectivity index (χ4n) is 3.00. The van der Waals surface area contributed by atoms with Crippen molar-refractivity contribution in [2.75, 3.05) is 19.9 Å². The first-order chi connectivity index (χ1) is 9.14. The molecule has 0 N–H and O–H groups in total. The summed E-state index contributed by atoms with van der Waals surface area (Å²) >= 11 is 0. The zero-order valence-corrected chi connectivity index (χ0v) is 13.2. The Morgan fingerprint density at radius 3 is 2.47 bits per heavy atom. The molecule has 1 rings (SSSR count). The molecule has 1 saturated heterocycles. The van der Waals surface area contributed by atoms with Crippen LogP contribution >= 0.6 is 7.49 Å². The fraction of sp³-hybridized carbons (Fsp3) is 0.786. The summed E-state index contributed by atoms with van der Waals surface area (Å²) in [5.74, 6) is 3.37. The van der Waals surface area contributed by atoms with Gasteiger partial charge in [-0.2, -0.15) is 0 Å². The molecule has 0 aromatic rings. The molecule has 0 radical (unpaired) electrons. The average molecular weight is 284 g/mol. The molecule has 0 bridgehead atoms. The summed E-state index contributed by atoms with van der Waals surface area (Å²) in [7, 11) is -0.132. The van der Waals surface area contributed by atoms with Crippen LogP contribution in [0.3, 0.4) is 0 Å². The minimum absolute atomic E-state index is 0.344. The number of terminal acetylenes is 1. The average Bonchev–Trinajstić information content (AvgIpc) is 2.42. The topological polar surface area (TPSA) is 45.5 Å². The van der Waals surface area contributed by atoms with Crippen molar-refractivity contribution in [2.45, 2.75) is 51.1 Å². The van der Waals surface area contributed by atoms with Gasteiger partial charge in [-0.3, -0.25) is 0 Å². The Hall–Kier alpha value is -0.640. The van der Waals surface area contributed by atoms with E-state index in [-0.39, 0.29) is 0 Å². The Balaban J connectivity index is 2.59. The van der Waals surface area contributed by atoms with Crippen molar-refractivity contribution >= 4 is 7.49 Å². The third kappa shape index (κ3) is 3.47. The van der Waals surface area contributed by atoms with Crippen LogP contribution in [-0.4, -0.2) is 36.5 Å². The first kappa shape index (κ1) is 16.4. The predicted octanol–water partition coefficient (Wildman–Crippen LogP) is 2.95. The van der Waals surface area contributed by atoms with Crippen molar-refractivity contribution in [3.63, 3.8) is 0 Å². The van der Waals surface area contributed by atoms with Gasteiger partial charge in [0.15, 0.2) is 0 Å². The Kier molecular flexibility index (Phi) is 6.76. The molecular formula is C14H25N2O2P. The van der Waals surface area contributed by atoms with Crippen LogP contribution in [0, 0.1) is 23.7 Å². The monoisotopic (exact) mass is 284 g/mol. The van der Waals surface area contributed by atoms with E-state index in [1.165, 1.54) is 0 Å². The molecule has 5 heteroatoms. The van der Waals surface area contributed by atoms with Crippen molar-refractivity contribution in [3.05, 3.63) is 0 Å². The fourth-order valence-corrected chi connectivity index (χ4v) is 7.72. The molecule has 0 saturated carbocycles. The quantitative estimate of drug-likeness (QED) is 0.390. The van der Waals surface area contributed by atoms with E-state index in [0.29, 0.717) is 24.6 Å². The first-order valence-electron chi connectivity index (χ1n) is 6.91. The van der Waals surface area contributed by atoms with Crippen molar-refractivity contribution < 1.29 is 9.36 Å². The van der Waals surface area contributed by atoms with Crippen LogP contribution < -0.4 is 0 Å². The molecule has 2 atom stereocenters. The van der Waals surface area contributed by atoms with Gasteiger partial charge in [-0.05, 0) is 0 Å². The van der Waals surface area contributed by atoms with Crippen LogP contribution in [0.2, 0.25) is 0 Å². The number of hydrogen-bond donors (Lipinski definition) is 0. The van der Waals surface area contributed by atoms with Crippen LogP contribution in [0.4, 0.5) is 0 Å². The van der Waals surface area contributed by atoms with E-state index in [1.54, 1.807) is 7.11 Å². The molecule has 0 spiro atoms. The summed E-state index contributed by atoms with van der Waals surface area (Å²) in [4.78, 5) is 5.39. The van der Waals surface area contributed by atoms with Crippen LogP contribution in [-0.2, 0) is 9.36 Å². The van der Waals surface area contributed by atoms with Crippen LogP contribution in [0.15, 0.2) is 0 Å². The third-order valence-electron chi connectivity index (χ3n) is 4.11. The minimum atomic E-state index is -1.84. The van der Waals surface area contributed by atoms with Crippen LogP contribution in [0.25, 0.3) is 0 Å². The van der Waals surface area contributed by atoms with E-state index in [0.717, 1.165) is 25.4 Å². The van der Waals surface area contributed by atoms with Gasteiger partial charge in [-0.1, -0.05) is 0 Å². The number of unbranched alkanes of at least 4 members (excludes halogenated alkanes) is 2. The summed E-state index contributed by atoms with van der Waals surface area (Å²) in [6, 6.07) is 2.15. The van der Waals surface area contributed by atoms with Crippen LogP contribution in [0.1, 0.15) is 39.5 Å². The summed E-state index contributed by atoms with van der Waals surface area (Å²) in [6.45, 7) is 4.89. The van der Waals surface area contributed by atoms with E-state index in [9.17, 15) is 0 Å². The van der Waals surface area contributed by atoms with E-state index in [2.05, 4.69) is 25.8 Å². The molecule has 1 fully saturated rings.